The Morgan fingerprint density at radius 2 is 1.68 bits per heavy atom. The SMILES string of the molecule is CC1(C(=O)Nc2ccc(OC(F)(F)F)cc2)CCN(S(=O)(=O)c2ccccc2Cl)CC1. The molecule has 0 aliphatic carbocycles. The molecule has 0 unspecified atom stereocenters. The number of alkyl halides is 3. The van der Waals surface area contributed by atoms with Crippen LogP contribution in [-0.2, 0) is 14.8 Å². The lowest BCUT2D eigenvalue weighted by Gasteiger charge is -2.37. The lowest BCUT2D eigenvalue weighted by molar-refractivity contribution is -0.274. The van der Waals surface area contributed by atoms with Crippen LogP contribution in [0.5, 0.6) is 5.75 Å². The summed E-state index contributed by atoms with van der Waals surface area (Å²) in [6.07, 6.45) is -4.24. The number of nitrogens with zero attached hydrogens (tertiary/aromatic N) is 1. The molecule has 31 heavy (non-hydrogen) atoms. The Labute approximate surface area is 183 Å². The number of nitrogens with one attached hydrogen (secondary N) is 1. The van der Waals surface area contributed by atoms with E-state index in [1.165, 1.54) is 28.6 Å². The summed E-state index contributed by atoms with van der Waals surface area (Å²) in [4.78, 5) is 12.8. The first-order chi connectivity index (χ1) is 14.4. The van der Waals surface area contributed by atoms with Gasteiger partial charge in [0, 0.05) is 24.2 Å². The van der Waals surface area contributed by atoms with Gasteiger partial charge in [0.05, 0.1) is 5.02 Å². The Balaban J connectivity index is 1.63. The molecule has 1 aliphatic rings. The number of amides is 1. The monoisotopic (exact) mass is 476 g/mol. The quantitative estimate of drug-likeness (QED) is 0.680. The Hall–Kier alpha value is -2.30. The molecule has 2 aromatic rings. The highest BCUT2D eigenvalue weighted by Gasteiger charge is 2.40. The molecule has 0 spiro atoms. The summed E-state index contributed by atoms with van der Waals surface area (Å²) < 4.78 is 67.6. The number of carbonyl (C=O) groups excluding carboxylic acids is 1. The lowest BCUT2D eigenvalue weighted by atomic mass is 9.80. The molecule has 1 fully saturated rings. The molecule has 0 aromatic heterocycles. The average Bonchev–Trinajstić information content (AvgIpc) is 2.69. The molecule has 1 amide bonds. The maximum Gasteiger partial charge on any atom is 0.573 e. The highest BCUT2D eigenvalue weighted by molar-refractivity contribution is 7.89. The number of benzene rings is 2. The Morgan fingerprint density at radius 3 is 2.23 bits per heavy atom. The molecule has 0 saturated carbocycles. The second-order valence-corrected chi connectivity index (χ2v) is 9.74. The number of sulfonamides is 1. The number of halogens is 4. The summed E-state index contributed by atoms with van der Waals surface area (Å²) in [5.41, 5.74) is -0.528. The molecule has 1 heterocycles. The molecule has 0 radical (unpaired) electrons. The highest BCUT2D eigenvalue weighted by atomic mass is 35.5. The van der Waals surface area contributed by atoms with Gasteiger partial charge < -0.3 is 10.1 Å². The molecule has 6 nitrogen and oxygen atoms in total. The minimum atomic E-state index is -4.80. The number of hydrogen-bond donors (Lipinski definition) is 1. The fourth-order valence-corrected chi connectivity index (χ4v) is 5.20. The number of carbonyl (C=O) groups is 1. The molecule has 2 aromatic carbocycles. The Bertz CT molecular complexity index is 1050. The Morgan fingerprint density at radius 1 is 1.10 bits per heavy atom. The van der Waals surface area contributed by atoms with Gasteiger partial charge in [-0.25, -0.2) is 8.42 Å². The summed E-state index contributed by atoms with van der Waals surface area (Å²) in [6.45, 7) is 1.99. The van der Waals surface area contributed by atoms with Crippen molar-refractivity contribution in [2.75, 3.05) is 18.4 Å². The minimum absolute atomic E-state index is 0.0193. The van der Waals surface area contributed by atoms with Crippen LogP contribution in [-0.4, -0.2) is 38.1 Å². The van der Waals surface area contributed by atoms with Crippen molar-refractivity contribution in [2.24, 2.45) is 5.41 Å². The second kappa shape index (κ2) is 8.68. The highest BCUT2D eigenvalue weighted by Crippen LogP contribution is 2.36. The number of rotatable bonds is 5. The molecular formula is C20H20ClF3N2O4S. The molecular weight excluding hydrogens is 457 g/mol. The fourth-order valence-electron chi connectivity index (χ4n) is 3.26. The van der Waals surface area contributed by atoms with Gasteiger partial charge in [-0.2, -0.15) is 4.31 Å². The Kier molecular flexibility index (Phi) is 6.54. The molecule has 0 atom stereocenters. The minimum Gasteiger partial charge on any atom is -0.406 e. The molecule has 1 saturated heterocycles. The van der Waals surface area contributed by atoms with Crippen LogP contribution in [0.15, 0.2) is 53.4 Å². The number of ether oxygens (including phenoxy) is 1. The van der Waals surface area contributed by atoms with E-state index in [0.717, 1.165) is 12.1 Å². The van der Waals surface area contributed by atoms with Crippen LogP contribution in [0.25, 0.3) is 0 Å². The van der Waals surface area contributed by atoms with Crippen molar-refractivity contribution in [1.29, 1.82) is 0 Å². The van der Waals surface area contributed by atoms with E-state index in [0.29, 0.717) is 5.69 Å². The number of hydrogen-bond acceptors (Lipinski definition) is 4. The van der Waals surface area contributed by atoms with Crippen molar-refractivity contribution in [3.63, 3.8) is 0 Å². The van der Waals surface area contributed by atoms with Crippen LogP contribution in [0.2, 0.25) is 5.02 Å². The van der Waals surface area contributed by atoms with E-state index in [-0.39, 0.29) is 41.8 Å². The first-order valence-corrected chi connectivity index (χ1v) is 11.1. The molecule has 3 rings (SSSR count). The maximum absolute atomic E-state index is 12.9. The standard InChI is InChI=1S/C20H20ClF3N2O4S/c1-19(18(27)25-14-6-8-15(9-7-14)30-20(22,23)24)10-12-26(13-11-19)31(28,29)17-5-3-2-4-16(17)21/h2-9H,10-13H2,1H3,(H,25,27). The summed E-state index contributed by atoms with van der Waals surface area (Å²) in [7, 11) is -3.78. The van der Waals surface area contributed by atoms with E-state index in [4.69, 9.17) is 11.6 Å². The smallest absolute Gasteiger partial charge is 0.406 e. The zero-order chi connectivity index (χ0) is 22.9. The predicted molar refractivity (Wildman–Crippen MR) is 109 cm³/mol. The normalized spacial score (nSPS) is 17.2. The lowest BCUT2D eigenvalue weighted by Crippen LogP contribution is -2.46. The van der Waals surface area contributed by atoms with Crippen molar-refractivity contribution in [1.82, 2.24) is 4.31 Å². The predicted octanol–water partition coefficient (Wildman–Crippen LogP) is 4.67. The summed E-state index contributed by atoms with van der Waals surface area (Å²) in [6, 6.07) is 11.0. The van der Waals surface area contributed by atoms with E-state index in [1.807, 2.05) is 0 Å². The van der Waals surface area contributed by atoms with Gasteiger partial charge in [0.15, 0.2) is 0 Å². The van der Waals surface area contributed by atoms with Gasteiger partial charge in [-0.3, -0.25) is 4.79 Å². The van der Waals surface area contributed by atoms with Gasteiger partial charge in [0.25, 0.3) is 0 Å². The summed E-state index contributed by atoms with van der Waals surface area (Å²) in [5.74, 6) is -0.735. The largest absolute Gasteiger partial charge is 0.573 e. The second-order valence-electron chi connectivity index (χ2n) is 7.42. The first-order valence-electron chi connectivity index (χ1n) is 9.33. The van der Waals surface area contributed by atoms with Gasteiger partial charge >= 0.3 is 6.36 Å². The zero-order valence-electron chi connectivity index (χ0n) is 16.4. The van der Waals surface area contributed by atoms with Crippen LogP contribution >= 0.6 is 11.6 Å². The summed E-state index contributed by atoms with van der Waals surface area (Å²) in [5, 5.41) is 2.80. The molecule has 0 bridgehead atoms. The van der Waals surface area contributed by atoms with Gasteiger partial charge in [0.2, 0.25) is 15.9 Å². The maximum atomic E-state index is 12.9. The number of anilines is 1. The average molecular weight is 477 g/mol. The van der Waals surface area contributed by atoms with E-state index in [2.05, 4.69) is 10.1 Å². The third kappa shape index (κ3) is 5.50. The molecule has 168 valence electrons. The zero-order valence-corrected chi connectivity index (χ0v) is 18.0. The van der Waals surface area contributed by atoms with Crippen molar-refractivity contribution in [2.45, 2.75) is 31.0 Å². The third-order valence-electron chi connectivity index (χ3n) is 5.17. The van der Waals surface area contributed by atoms with Crippen molar-refractivity contribution in [3.05, 3.63) is 53.6 Å². The van der Waals surface area contributed by atoms with Crippen molar-refractivity contribution < 1.29 is 31.1 Å². The van der Waals surface area contributed by atoms with Gasteiger partial charge in [-0.1, -0.05) is 30.7 Å². The topological polar surface area (TPSA) is 75.7 Å². The van der Waals surface area contributed by atoms with E-state index < -0.39 is 27.6 Å². The molecule has 1 N–H and O–H groups in total. The van der Waals surface area contributed by atoms with Crippen LogP contribution in [0, 0.1) is 5.41 Å². The van der Waals surface area contributed by atoms with Crippen LogP contribution < -0.4 is 10.1 Å². The van der Waals surface area contributed by atoms with Crippen LogP contribution in [0.4, 0.5) is 18.9 Å². The first kappa shape index (κ1) is 23.4. The van der Waals surface area contributed by atoms with Crippen molar-refractivity contribution in [3.8, 4) is 5.75 Å². The number of piperidine rings is 1. The van der Waals surface area contributed by atoms with E-state index in [9.17, 15) is 26.4 Å². The van der Waals surface area contributed by atoms with Gasteiger partial charge in [-0.05, 0) is 49.2 Å². The third-order valence-corrected chi connectivity index (χ3v) is 7.57. The molecule has 11 heteroatoms. The van der Waals surface area contributed by atoms with E-state index in [1.54, 1.807) is 19.1 Å². The van der Waals surface area contributed by atoms with Crippen LogP contribution in [0.3, 0.4) is 0 Å². The van der Waals surface area contributed by atoms with Gasteiger partial charge in [-0.15, -0.1) is 13.2 Å². The van der Waals surface area contributed by atoms with Gasteiger partial charge in [0.1, 0.15) is 10.6 Å². The van der Waals surface area contributed by atoms with Crippen molar-refractivity contribution >= 4 is 33.2 Å². The molecule has 1 aliphatic heterocycles. The van der Waals surface area contributed by atoms with Crippen LogP contribution in [0.1, 0.15) is 19.8 Å². The summed E-state index contributed by atoms with van der Waals surface area (Å²) >= 11 is 6.03. The van der Waals surface area contributed by atoms with E-state index >= 15 is 0 Å². The fraction of sp³-hybridized carbons (Fsp3) is 0.350.